The van der Waals surface area contributed by atoms with Crippen LogP contribution in [-0.4, -0.2) is 22.1 Å². The second kappa shape index (κ2) is 7.20. The quantitative estimate of drug-likeness (QED) is 0.736. The molecule has 1 N–H and O–H groups in total. The molecule has 23 heavy (non-hydrogen) atoms. The number of pyridine rings is 1. The van der Waals surface area contributed by atoms with Crippen LogP contribution in [0, 0.1) is 0 Å². The predicted molar refractivity (Wildman–Crippen MR) is 91.0 cm³/mol. The lowest BCUT2D eigenvalue weighted by Gasteiger charge is -2.22. The molecule has 1 aromatic carbocycles. The molecule has 0 amide bonds. The van der Waals surface area contributed by atoms with Crippen molar-refractivity contribution in [2.24, 2.45) is 0 Å². The van der Waals surface area contributed by atoms with Crippen molar-refractivity contribution in [2.75, 3.05) is 7.11 Å². The zero-order valence-electron chi connectivity index (χ0n) is 13.4. The molecule has 118 valence electrons. The minimum Gasteiger partial charge on any atom is -0.377 e. The summed E-state index contributed by atoms with van der Waals surface area (Å²) in [6, 6.07) is 12.5. The van der Waals surface area contributed by atoms with Crippen LogP contribution in [0.15, 0.2) is 61.3 Å². The number of methoxy groups -OCH3 is 1. The molecule has 0 fully saturated rings. The normalized spacial score (nSPS) is 13.7. The first kappa shape index (κ1) is 15.4. The molecule has 4 nitrogen and oxygen atoms in total. The Labute approximate surface area is 136 Å². The Morgan fingerprint density at radius 3 is 2.57 bits per heavy atom. The van der Waals surface area contributed by atoms with Gasteiger partial charge in [0.15, 0.2) is 0 Å². The molecule has 4 heteroatoms. The maximum atomic E-state index is 5.71. The summed E-state index contributed by atoms with van der Waals surface area (Å²) >= 11 is 0. The van der Waals surface area contributed by atoms with Crippen LogP contribution in [0.25, 0.3) is 11.3 Å². The van der Waals surface area contributed by atoms with Crippen molar-refractivity contribution in [3.63, 3.8) is 0 Å². The van der Waals surface area contributed by atoms with Crippen molar-refractivity contribution in [3.05, 3.63) is 72.4 Å². The van der Waals surface area contributed by atoms with E-state index in [-0.39, 0.29) is 6.10 Å². The number of nitrogens with zero attached hydrogens (tertiary/aromatic N) is 2. The molecule has 3 aromatic rings. The van der Waals surface area contributed by atoms with Gasteiger partial charge in [0.05, 0.1) is 24.3 Å². The van der Waals surface area contributed by atoms with Gasteiger partial charge in [0.1, 0.15) is 0 Å². The molecule has 0 bridgehead atoms. The van der Waals surface area contributed by atoms with Gasteiger partial charge in [-0.1, -0.05) is 31.2 Å². The summed E-state index contributed by atoms with van der Waals surface area (Å²) in [5.74, 6) is 0.354. The van der Waals surface area contributed by atoms with Crippen LogP contribution in [0.5, 0.6) is 0 Å². The highest BCUT2D eigenvalue weighted by molar-refractivity contribution is 5.63. The number of ether oxygens (including phenoxy) is 1. The van der Waals surface area contributed by atoms with Crippen LogP contribution in [0.2, 0.25) is 0 Å². The Hall–Kier alpha value is -2.46. The first-order valence-electron chi connectivity index (χ1n) is 7.80. The van der Waals surface area contributed by atoms with Gasteiger partial charge in [0.25, 0.3) is 0 Å². The molecule has 0 aliphatic rings. The summed E-state index contributed by atoms with van der Waals surface area (Å²) < 4.78 is 5.71. The van der Waals surface area contributed by atoms with Crippen LogP contribution in [-0.2, 0) is 4.74 Å². The number of imidazole rings is 1. The number of rotatable bonds is 6. The molecule has 2 unspecified atom stereocenters. The molecule has 0 radical (unpaired) electrons. The van der Waals surface area contributed by atoms with Gasteiger partial charge in [-0.3, -0.25) is 4.98 Å². The van der Waals surface area contributed by atoms with Crippen molar-refractivity contribution in [3.8, 4) is 11.3 Å². The van der Waals surface area contributed by atoms with Crippen molar-refractivity contribution in [1.29, 1.82) is 0 Å². The third kappa shape index (κ3) is 3.48. The van der Waals surface area contributed by atoms with Crippen molar-refractivity contribution in [2.45, 2.75) is 25.4 Å². The van der Waals surface area contributed by atoms with Crippen LogP contribution >= 0.6 is 0 Å². The smallest absolute Gasteiger partial charge is 0.0924 e. The number of H-pyrrole nitrogens is 1. The summed E-state index contributed by atoms with van der Waals surface area (Å²) in [6.07, 6.45) is 8.16. The Morgan fingerprint density at radius 1 is 1.09 bits per heavy atom. The molecule has 0 saturated carbocycles. The second-order valence-electron chi connectivity index (χ2n) is 5.69. The number of aromatic amines is 1. The van der Waals surface area contributed by atoms with E-state index in [0.717, 1.165) is 17.7 Å². The zero-order chi connectivity index (χ0) is 16.1. The highest BCUT2D eigenvalue weighted by Gasteiger charge is 2.18. The van der Waals surface area contributed by atoms with Gasteiger partial charge in [-0.15, -0.1) is 0 Å². The van der Waals surface area contributed by atoms with Gasteiger partial charge in [-0.25, -0.2) is 4.98 Å². The van der Waals surface area contributed by atoms with E-state index in [4.69, 9.17) is 4.74 Å². The van der Waals surface area contributed by atoms with E-state index in [1.807, 2.05) is 30.7 Å². The topological polar surface area (TPSA) is 50.8 Å². The minimum absolute atomic E-state index is 0.0582. The molecule has 2 atom stereocenters. The van der Waals surface area contributed by atoms with E-state index in [1.165, 1.54) is 11.1 Å². The van der Waals surface area contributed by atoms with E-state index in [0.29, 0.717) is 5.92 Å². The monoisotopic (exact) mass is 307 g/mol. The summed E-state index contributed by atoms with van der Waals surface area (Å²) in [6.45, 7) is 2.24. The Kier molecular flexibility index (Phi) is 4.83. The van der Waals surface area contributed by atoms with Crippen LogP contribution in [0.4, 0.5) is 0 Å². The second-order valence-corrected chi connectivity index (χ2v) is 5.69. The van der Waals surface area contributed by atoms with Crippen LogP contribution in [0.1, 0.15) is 36.5 Å². The van der Waals surface area contributed by atoms with Gasteiger partial charge in [0, 0.05) is 25.1 Å². The van der Waals surface area contributed by atoms with Crippen LogP contribution in [0.3, 0.4) is 0 Å². The molecule has 2 aromatic heterocycles. The average molecular weight is 307 g/mol. The molecule has 3 rings (SSSR count). The van der Waals surface area contributed by atoms with E-state index in [9.17, 15) is 0 Å². The zero-order valence-corrected chi connectivity index (χ0v) is 13.4. The Balaban J connectivity index is 1.85. The molecule has 0 aliphatic carbocycles. The standard InChI is InChI=1S/C19H21N3O/c1-14(11-19(23-2)15-7-9-20-10-8-15)16-5-3-4-6-17(16)18-12-21-13-22-18/h3-10,12-14,19H,11H2,1-2H3,(H,21,22). The Bertz CT molecular complexity index is 725. The fourth-order valence-corrected chi connectivity index (χ4v) is 2.97. The minimum atomic E-state index is 0.0582. The van der Waals surface area contributed by atoms with E-state index in [2.05, 4.69) is 46.1 Å². The maximum Gasteiger partial charge on any atom is 0.0924 e. The van der Waals surface area contributed by atoms with Crippen molar-refractivity contribution < 1.29 is 4.74 Å². The SMILES string of the molecule is COC(CC(C)c1ccccc1-c1cnc[nH]1)c1ccncc1. The molecule has 0 saturated heterocycles. The number of hydrogen-bond acceptors (Lipinski definition) is 3. The number of nitrogens with one attached hydrogen (secondary N) is 1. The summed E-state index contributed by atoms with van der Waals surface area (Å²) in [7, 11) is 1.76. The molecule has 0 spiro atoms. The molecule has 0 aliphatic heterocycles. The third-order valence-electron chi connectivity index (χ3n) is 4.21. The van der Waals surface area contributed by atoms with E-state index >= 15 is 0 Å². The summed E-state index contributed by atoms with van der Waals surface area (Å²) in [4.78, 5) is 11.4. The lowest BCUT2D eigenvalue weighted by molar-refractivity contribution is 0.0903. The van der Waals surface area contributed by atoms with E-state index < -0.39 is 0 Å². The molecule has 2 heterocycles. The van der Waals surface area contributed by atoms with Gasteiger partial charge in [0.2, 0.25) is 0 Å². The molecular weight excluding hydrogens is 286 g/mol. The predicted octanol–water partition coefficient (Wildman–Crippen LogP) is 4.35. The van der Waals surface area contributed by atoms with E-state index in [1.54, 1.807) is 13.4 Å². The third-order valence-corrected chi connectivity index (χ3v) is 4.21. The summed E-state index contributed by atoms with van der Waals surface area (Å²) in [5.41, 5.74) is 4.70. The van der Waals surface area contributed by atoms with Crippen LogP contribution < -0.4 is 0 Å². The first-order chi connectivity index (χ1) is 11.3. The Morgan fingerprint density at radius 2 is 1.87 bits per heavy atom. The van der Waals surface area contributed by atoms with Gasteiger partial charge in [-0.2, -0.15) is 0 Å². The largest absolute Gasteiger partial charge is 0.377 e. The highest BCUT2D eigenvalue weighted by atomic mass is 16.5. The highest BCUT2D eigenvalue weighted by Crippen LogP contribution is 2.34. The number of aromatic nitrogens is 3. The fourth-order valence-electron chi connectivity index (χ4n) is 2.97. The molecular formula is C19H21N3O. The van der Waals surface area contributed by atoms with Crippen molar-refractivity contribution >= 4 is 0 Å². The van der Waals surface area contributed by atoms with Gasteiger partial charge < -0.3 is 9.72 Å². The fraction of sp³-hybridized carbons (Fsp3) is 0.263. The first-order valence-corrected chi connectivity index (χ1v) is 7.80. The van der Waals surface area contributed by atoms with Crippen molar-refractivity contribution in [1.82, 2.24) is 15.0 Å². The summed E-state index contributed by atoms with van der Waals surface area (Å²) in [5, 5.41) is 0. The lowest BCUT2D eigenvalue weighted by Crippen LogP contribution is -2.07. The lowest BCUT2D eigenvalue weighted by atomic mass is 9.88. The number of hydrogen-bond donors (Lipinski definition) is 1. The van der Waals surface area contributed by atoms with Gasteiger partial charge >= 0.3 is 0 Å². The average Bonchev–Trinajstić information content (AvgIpc) is 3.14. The number of benzene rings is 1. The van der Waals surface area contributed by atoms with Gasteiger partial charge in [-0.05, 0) is 35.6 Å². The maximum absolute atomic E-state index is 5.71.